The second-order valence-electron chi connectivity index (χ2n) is 4.33. The van der Waals surface area contributed by atoms with Gasteiger partial charge in [0.05, 0.1) is 6.42 Å². The zero-order valence-electron chi connectivity index (χ0n) is 10.8. The Morgan fingerprint density at radius 1 is 1.30 bits per heavy atom. The molecule has 0 aliphatic carbocycles. The maximum Gasteiger partial charge on any atom is 0.231 e. The summed E-state index contributed by atoms with van der Waals surface area (Å²) in [7, 11) is 0. The van der Waals surface area contributed by atoms with Gasteiger partial charge in [-0.25, -0.2) is 15.0 Å². The Labute approximate surface area is 114 Å². The molecule has 0 unspecified atom stereocenters. The molecule has 0 radical (unpaired) electrons. The lowest BCUT2D eigenvalue weighted by molar-refractivity contribution is -0.115. The Morgan fingerprint density at radius 3 is 2.90 bits per heavy atom. The van der Waals surface area contributed by atoms with E-state index in [2.05, 4.69) is 20.3 Å². The monoisotopic (exact) mass is 268 g/mol. The lowest BCUT2D eigenvalue weighted by Crippen LogP contribution is -2.16. The molecule has 100 valence electrons. The molecule has 0 saturated carbocycles. The number of carbonyl (C=O) groups is 1. The number of nitrogens with zero attached hydrogens (tertiary/aromatic N) is 3. The van der Waals surface area contributed by atoms with Crippen molar-refractivity contribution < 1.29 is 9.21 Å². The summed E-state index contributed by atoms with van der Waals surface area (Å²) in [6.45, 7) is 1.79. The molecule has 2 heterocycles. The lowest BCUT2D eigenvalue weighted by atomic mass is 10.1. The fourth-order valence-corrected chi connectivity index (χ4v) is 1.92. The van der Waals surface area contributed by atoms with Crippen LogP contribution >= 0.6 is 0 Å². The van der Waals surface area contributed by atoms with Crippen LogP contribution in [-0.4, -0.2) is 20.9 Å². The van der Waals surface area contributed by atoms with Crippen molar-refractivity contribution in [2.24, 2.45) is 0 Å². The summed E-state index contributed by atoms with van der Waals surface area (Å²) in [6, 6.07) is 7.20. The van der Waals surface area contributed by atoms with Gasteiger partial charge in [0.2, 0.25) is 11.9 Å². The highest BCUT2D eigenvalue weighted by molar-refractivity contribution is 5.91. The van der Waals surface area contributed by atoms with Crippen LogP contribution in [0.2, 0.25) is 0 Å². The number of hydrogen-bond donors (Lipinski definition) is 1. The van der Waals surface area contributed by atoms with E-state index in [9.17, 15) is 4.79 Å². The molecule has 0 fully saturated rings. The van der Waals surface area contributed by atoms with Crippen molar-refractivity contribution in [3.63, 3.8) is 0 Å². The van der Waals surface area contributed by atoms with Crippen LogP contribution in [-0.2, 0) is 11.2 Å². The second kappa shape index (κ2) is 5.08. The summed E-state index contributed by atoms with van der Waals surface area (Å²) in [5.74, 6) is 0.742. The molecule has 1 N–H and O–H groups in total. The van der Waals surface area contributed by atoms with E-state index in [0.29, 0.717) is 11.8 Å². The van der Waals surface area contributed by atoms with E-state index in [-0.39, 0.29) is 12.3 Å². The van der Waals surface area contributed by atoms with E-state index in [4.69, 9.17) is 4.42 Å². The van der Waals surface area contributed by atoms with Gasteiger partial charge in [-0.2, -0.15) is 0 Å². The van der Waals surface area contributed by atoms with Crippen LogP contribution in [0.1, 0.15) is 11.5 Å². The molecule has 20 heavy (non-hydrogen) atoms. The average molecular weight is 268 g/mol. The molecule has 6 heteroatoms. The van der Waals surface area contributed by atoms with E-state index in [1.165, 1.54) is 0 Å². The van der Waals surface area contributed by atoms with Crippen LogP contribution < -0.4 is 5.32 Å². The molecular weight excluding hydrogens is 256 g/mol. The average Bonchev–Trinajstić information content (AvgIpc) is 2.79. The van der Waals surface area contributed by atoms with Gasteiger partial charge in [0.25, 0.3) is 0 Å². The Morgan fingerprint density at radius 2 is 2.10 bits per heavy atom. The third kappa shape index (κ3) is 2.64. The molecular formula is C14H12N4O2. The number of nitrogens with one attached hydrogen (secondary N) is 1. The number of carbonyl (C=O) groups excluding carboxylic acids is 1. The number of oxazole rings is 1. The summed E-state index contributed by atoms with van der Waals surface area (Å²) >= 11 is 0. The first-order valence-electron chi connectivity index (χ1n) is 6.14. The fraction of sp³-hybridized carbons (Fsp3) is 0.143. The van der Waals surface area contributed by atoms with Crippen molar-refractivity contribution in [3.05, 3.63) is 48.1 Å². The zero-order valence-corrected chi connectivity index (χ0v) is 10.8. The summed E-state index contributed by atoms with van der Waals surface area (Å²) in [5.41, 5.74) is 2.33. The van der Waals surface area contributed by atoms with Crippen LogP contribution in [0.5, 0.6) is 0 Å². The van der Waals surface area contributed by atoms with Crippen molar-refractivity contribution in [2.75, 3.05) is 5.32 Å². The second-order valence-corrected chi connectivity index (χ2v) is 4.33. The van der Waals surface area contributed by atoms with Crippen molar-refractivity contribution in [2.45, 2.75) is 13.3 Å². The van der Waals surface area contributed by atoms with E-state index in [1.807, 2.05) is 18.2 Å². The minimum atomic E-state index is -0.171. The van der Waals surface area contributed by atoms with E-state index in [0.717, 1.165) is 16.7 Å². The third-order valence-electron chi connectivity index (χ3n) is 2.74. The van der Waals surface area contributed by atoms with Gasteiger partial charge < -0.3 is 4.42 Å². The Bertz CT molecular complexity index is 752. The number of aromatic nitrogens is 3. The molecule has 3 aromatic rings. The number of hydrogen-bond acceptors (Lipinski definition) is 5. The van der Waals surface area contributed by atoms with Crippen LogP contribution in [0.15, 0.2) is 41.1 Å². The third-order valence-corrected chi connectivity index (χ3v) is 2.74. The van der Waals surface area contributed by atoms with Crippen molar-refractivity contribution in [3.8, 4) is 0 Å². The Hall–Kier alpha value is -2.76. The van der Waals surface area contributed by atoms with Crippen LogP contribution in [0.4, 0.5) is 5.95 Å². The first-order valence-corrected chi connectivity index (χ1v) is 6.14. The predicted octanol–water partition coefficient (Wildman–Crippen LogP) is 2.11. The van der Waals surface area contributed by atoms with Gasteiger partial charge in [0, 0.05) is 19.3 Å². The number of benzene rings is 1. The maximum absolute atomic E-state index is 11.9. The predicted molar refractivity (Wildman–Crippen MR) is 73.1 cm³/mol. The van der Waals surface area contributed by atoms with E-state index < -0.39 is 0 Å². The number of rotatable bonds is 3. The first-order chi connectivity index (χ1) is 9.70. The summed E-state index contributed by atoms with van der Waals surface area (Å²) in [5, 5.41) is 2.64. The highest BCUT2D eigenvalue weighted by Crippen LogP contribution is 2.17. The molecule has 1 amide bonds. The van der Waals surface area contributed by atoms with Gasteiger partial charge in [-0.05, 0) is 23.8 Å². The molecule has 6 nitrogen and oxygen atoms in total. The van der Waals surface area contributed by atoms with Gasteiger partial charge in [-0.1, -0.05) is 6.07 Å². The summed E-state index contributed by atoms with van der Waals surface area (Å²) in [4.78, 5) is 24.0. The van der Waals surface area contributed by atoms with E-state index >= 15 is 0 Å². The highest BCUT2D eigenvalue weighted by atomic mass is 16.3. The summed E-state index contributed by atoms with van der Waals surface area (Å²) < 4.78 is 5.39. The Balaban J connectivity index is 1.74. The van der Waals surface area contributed by atoms with Crippen molar-refractivity contribution in [1.82, 2.24) is 15.0 Å². The standard InChI is InChI=1S/C14H12N4O2/c1-9-17-11-7-10(3-4-12(11)20-9)8-13(19)18-14-15-5-2-6-16-14/h2-7H,8H2,1H3,(H,15,16,18,19). The minimum absolute atomic E-state index is 0.171. The van der Waals surface area contributed by atoms with Crippen LogP contribution in [0.25, 0.3) is 11.1 Å². The lowest BCUT2D eigenvalue weighted by Gasteiger charge is -2.03. The van der Waals surface area contributed by atoms with Gasteiger partial charge in [-0.3, -0.25) is 10.1 Å². The van der Waals surface area contributed by atoms with Gasteiger partial charge in [-0.15, -0.1) is 0 Å². The minimum Gasteiger partial charge on any atom is -0.441 e. The Kier molecular flexibility index (Phi) is 3.12. The smallest absolute Gasteiger partial charge is 0.231 e. The van der Waals surface area contributed by atoms with Gasteiger partial charge >= 0.3 is 0 Å². The van der Waals surface area contributed by atoms with E-state index in [1.54, 1.807) is 25.4 Å². The largest absolute Gasteiger partial charge is 0.441 e. The molecule has 0 saturated heterocycles. The molecule has 0 aliphatic rings. The molecule has 0 spiro atoms. The first kappa shape index (κ1) is 12.3. The normalized spacial score (nSPS) is 10.7. The fourth-order valence-electron chi connectivity index (χ4n) is 1.92. The molecule has 2 aromatic heterocycles. The summed E-state index contributed by atoms with van der Waals surface area (Å²) in [6.07, 6.45) is 3.39. The van der Waals surface area contributed by atoms with Crippen LogP contribution in [0, 0.1) is 6.92 Å². The van der Waals surface area contributed by atoms with Crippen molar-refractivity contribution >= 4 is 23.0 Å². The topological polar surface area (TPSA) is 80.9 Å². The molecule has 1 aromatic carbocycles. The van der Waals surface area contributed by atoms with Gasteiger partial charge in [0.1, 0.15) is 5.52 Å². The van der Waals surface area contributed by atoms with Crippen LogP contribution in [0.3, 0.4) is 0 Å². The van der Waals surface area contributed by atoms with Gasteiger partial charge in [0.15, 0.2) is 11.5 Å². The number of aryl methyl sites for hydroxylation is 1. The highest BCUT2D eigenvalue weighted by Gasteiger charge is 2.08. The number of amides is 1. The quantitative estimate of drug-likeness (QED) is 0.786. The number of anilines is 1. The number of fused-ring (bicyclic) bond motifs is 1. The maximum atomic E-state index is 11.9. The molecule has 0 aliphatic heterocycles. The zero-order chi connectivity index (χ0) is 13.9. The molecule has 0 atom stereocenters. The SMILES string of the molecule is Cc1nc2cc(CC(=O)Nc3ncccn3)ccc2o1. The molecule has 3 rings (SSSR count). The molecule has 0 bridgehead atoms. The van der Waals surface area contributed by atoms with Crippen molar-refractivity contribution in [1.29, 1.82) is 0 Å².